The quantitative estimate of drug-likeness (QED) is 0.601. The molecule has 1 heterocycles. The van der Waals surface area contributed by atoms with Crippen LogP contribution in [0.5, 0.6) is 0 Å². The molecule has 0 aliphatic heterocycles. The lowest BCUT2D eigenvalue weighted by Crippen LogP contribution is -2.24. The molecule has 0 saturated carbocycles. The second kappa shape index (κ2) is 6.60. The van der Waals surface area contributed by atoms with Crippen molar-refractivity contribution < 1.29 is 13.3 Å². The number of nitrogens with zero attached hydrogens (tertiary/aromatic N) is 2. The van der Waals surface area contributed by atoms with E-state index in [1.807, 2.05) is 0 Å². The maximum atomic E-state index is 12.1. The molecule has 0 saturated heterocycles. The smallest absolute Gasteiger partial charge is 0.269 e. The van der Waals surface area contributed by atoms with Crippen molar-refractivity contribution in [2.24, 2.45) is 5.73 Å². The average molecular weight is 322 g/mol. The van der Waals surface area contributed by atoms with Gasteiger partial charge in [0.2, 0.25) is 10.0 Å². The second-order valence-electron chi connectivity index (χ2n) is 4.40. The van der Waals surface area contributed by atoms with E-state index in [2.05, 4.69) is 9.71 Å². The summed E-state index contributed by atoms with van der Waals surface area (Å²) in [5.74, 6) is 0. The van der Waals surface area contributed by atoms with E-state index in [9.17, 15) is 18.5 Å². The normalized spacial score (nSPS) is 11.3. The van der Waals surface area contributed by atoms with Crippen molar-refractivity contribution in [3.8, 4) is 0 Å². The molecule has 2 rings (SSSR count). The number of hydrogen-bond acceptors (Lipinski definition) is 6. The van der Waals surface area contributed by atoms with Crippen LogP contribution in [-0.4, -0.2) is 18.3 Å². The Hall–Kier alpha value is -2.36. The number of rotatable bonds is 6. The van der Waals surface area contributed by atoms with Crippen molar-refractivity contribution in [1.82, 2.24) is 9.71 Å². The van der Waals surface area contributed by atoms with Gasteiger partial charge in [0.1, 0.15) is 0 Å². The summed E-state index contributed by atoms with van der Waals surface area (Å²) >= 11 is 0. The molecule has 0 amide bonds. The molecule has 0 radical (unpaired) electrons. The van der Waals surface area contributed by atoms with Crippen LogP contribution in [0.3, 0.4) is 0 Å². The lowest BCUT2D eigenvalue weighted by Gasteiger charge is -2.07. The molecule has 1 aromatic carbocycles. The summed E-state index contributed by atoms with van der Waals surface area (Å²) in [5.41, 5.74) is 6.50. The van der Waals surface area contributed by atoms with Crippen LogP contribution in [0, 0.1) is 10.1 Å². The molecule has 0 aliphatic carbocycles. The van der Waals surface area contributed by atoms with Crippen molar-refractivity contribution in [3.63, 3.8) is 0 Å². The minimum absolute atomic E-state index is 0.00710. The second-order valence-corrected chi connectivity index (χ2v) is 6.17. The van der Waals surface area contributed by atoms with Crippen molar-refractivity contribution in [3.05, 3.63) is 64.0 Å². The zero-order valence-electron chi connectivity index (χ0n) is 11.5. The Morgan fingerprint density at radius 2 is 1.77 bits per heavy atom. The zero-order valence-corrected chi connectivity index (χ0v) is 12.3. The number of nitrogens with one attached hydrogen (secondary N) is 1. The Morgan fingerprint density at radius 1 is 1.14 bits per heavy atom. The maximum Gasteiger partial charge on any atom is 0.269 e. The SMILES string of the molecule is NCc1cccc(CNS(=O)(=O)c2ccc([N+](=O)[O-])cc2)n1. The Bertz CT molecular complexity index is 775. The predicted molar refractivity (Wildman–Crippen MR) is 79.3 cm³/mol. The Kier molecular flexibility index (Phi) is 4.81. The molecule has 116 valence electrons. The van der Waals surface area contributed by atoms with Gasteiger partial charge in [-0.1, -0.05) is 6.07 Å². The van der Waals surface area contributed by atoms with E-state index < -0.39 is 14.9 Å². The van der Waals surface area contributed by atoms with Gasteiger partial charge in [-0.25, -0.2) is 13.1 Å². The lowest BCUT2D eigenvalue weighted by atomic mass is 10.3. The molecule has 0 bridgehead atoms. The van der Waals surface area contributed by atoms with Gasteiger partial charge < -0.3 is 5.73 Å². The summed E-state index contributed by atoms with van der Waals surface area (Å²) in [5, 5.41) is 10.6. The van der Waals surface area contributed by atoms with E-state index in [0.717, 1.165) is 12.1 Å². The van der Waals surface area contributed by atoms with Gasteiger partial charge in [-0.3, -0.25) is 15.1 Å². The molecule has 9 heteroatoms. The number of aromatic nitrogens is 1. The van der Waals surface area contributed by atoms with Crippen LogP contribution in [0.1, 0.15) is 11.4 Å². The highest BCUT2D eigenvalue weighted by atomic mass is 32.2. The predicted octanol–water partition coefficient (Wildman–Crippen LogP) is 0.927. The van der Waals surface area contributed by atoms with E-state index in [1.165, 1.54) is 12.1 Å². The van der Waals surface area contributed by atoms with Crippen molar-refractivity contribution in [1.29, 1.82) is 0 Å². The van der Waals surface area contributed by atoms with Gasteiger partial charge in [0.25, 0.3) is 5.69 Å². The van der Waals surface area contributed by atoms with Crippen LogP contribution in [0.4, 0.5) is 5.69 Å². The average Bonchev–Trinajstić information content (AvgIpc) is 2.53. The first kappa shape index (κ1) is 16.0. The summed E-state index contributed by atoms with van der Waals surface area (Å²) < 4.78 is 26.6. The molecule has 0 unspecified atom stereocenters. The van der Waals surface area contributed by atoms with Gasteiger partial charge in [0, 0.05) is 18.7 Å². The molecular weight excluding hydrogens is 308 g/mol. The number of sulfonamides is 1. The summed E-state index contributed by atoms with van der Waals surface area (Å²) in [6, 6.07) is 9.81. The number of nitrogens with two attached hydrogens (primary N) is 1. The van der Waals surface area contributed by atoms with E-state index in [4.69, 9.17) is 5.73 Å². The van der Waals surface area contributed by atoms with Gasteiger partial charge in [-0.15, -0.1) is 0 Å². The van der Waals surface area contributed by atoms with E-state index in [-0.39, 0.29) is 23.7 Å². The topological polar surface area (TPSA) is 128 Å². The molecule has 0 atom stereocenters. The summed E-state index contributed by atoms with van der Waals surface area (Å²) in [7, 11) is -3.76. The third-order valence-electron chi connectivity index (χ3n) is 2.87. The van der Waals surface area contributed by atoms with Gasteiger partial charge in [0.15, 0.2) is 0 Å². The molecule has 0 fully saturated rings. The van der Waals surface area contributed by atoms with Gasteiger partial charge in [-0.05, 0) is 24.3 Å². The van der Waals surface area contributed by atoms with Gasteiger partial charge >= 0.3 is 0 Å². The largest absolute Gasteiger partial charge is 0.325 e. The molecule has 1 aromatic heterocycles. The third kappa shape index (κ3) is 3.85. The molecule has 0 spiro atoms. The zero-order chi connectivity index (χ0) is 16.2. The first-order valence-electron chi connectivity index (χ1n) is 6.31. The minimum Gasteiger partial charge on any atom is -0.325 e. The fourth-order valence-corrected chi connectivity index (χ4v) is 2.74. The van der Waals surface area contributed by atoms with Crippen LogP contribution in [0.25, 0.3) is 0 Å². The van der Waals surface area contributed by atoms with Crippen LogP contribution < -0.4 is 10.5 Å². The number of hydrogen-bond donors (Lipinski definition) is 2. The molecule has 2 aromatic rings. The fourth-order valence-electron chi connectivity index (χ4n) is 1.74. The van der Waals surface area contributed by atoms with Crippen LogP contribution in [0.2, 0.25) is 0 Å². The number of nitro groups is 1. The minimum atomic E-state index is -3.76. The molecule has 3 N–H and O–H groups in total. The standard InChI is InChI=1S/C13H14N4O4S/c14-8-10-2-1-3-11(16-10)9-15-22(20,21)13-6-4-12(5-7-13)17(18)19/h1-7,15H,8-9,14H2. The van der Waals surface area contributed by atoms with Crippen molar-refractivity contribution in [2.45, 2.75) is 18.0 Å². The number of nitro benzene ring substituents is 1. The number of non-ortho nitro benzene ring substituents is 1. The van der Waals surface area contributed by atoms with Crippen molar-refractivity contribution >= 4 is 15.7 Å². The maximum absolute atomic E-state index is 12.1. The Labute approximate surface area is 127 Å². The summed E-state index contributed by atoms with van der Waals surface area (Å²) in [6.07, 6.45) is 0. The Morgan fingerprint density at radius 3 is 2.36 bits per heavy atom. The summed E-state index contributed by atoms with van der Waals surface area (Å²) in [6.45, 7) is 0.274. The van der Waals surface area contributed by atoms with E-state index >= 15 is 0 Å². The monoisotopic (exact) mass is 322 g/mol. The summed E-state index contributed by atoms with van der Waals surface area (Å²) in [4.78, 5) is 14.1. The molecule has 8 nitrogen and oxygen atoms in total. The molecule has 22 heavy (non-hydrogen) atoms. The highest BCUT2D eigenvalue weighted by Crippen LogP contribution is 2.15. The van der Waals surface area contributed by atoms with Crippen LogP contribution in [0.15, 0.2) is 47.4 Å². The molecule has 0 aliphatic rings. The lowest BCUT2D eigenvalue weighted by molar-refractivity contribution is -0.384. The first-order chi connectivity index (χ1) is 10.4. The van der Waals surface area contributed by atoms with E-state index in [1.54, 1.807) is 18.2 Å². The Balaban J connectivity index is 2.11. The van der Waals surface area contributed by atoms with Crippen LogP contribution >= 0.6 is 0 Å². The third-order valence-corrected chi connectivity index (χ3v) is 4.29. The number of benzene rings is 1. The van der Waals surface area contributed by atoms with E-state index in [0.29, 0.717) is 11.4 Å². The highest BCUT2D eigenvalue weighted by molar-refractivity contribution is 7.89. The fraction of sp³-hybridized carbons (Fsp3) is 0.154. The number of pyridine rings is 1. The van der Waals surface area contributed by atoms with Crippen molar-refractivity contribution in [2.75, 3.05) is 0 Å². The molecular formula is C13H14N4O4S. The van der Waals surface area contributed by atoms with Gasteiger partial charge in [-0.2, -0.15) is 0 Å². The first-order valence-corrected chi connectivity index (χ1v) is 7.80. The van der Waals surface area contributed by atoms with Gasteiger partial charge in [0.05, 0.1) is 27.8 Å². The van der Waals surface area contributed by atoms with Crippen LogP contribution in [-0.2, 0) is 23.1 Å². The highest BCUT2D eigenvalue weighted by Gasteiger charge is 2.15.